The molecule has 1 aromatic heterocycles. The van der Waals surface area contributed by atoms with Crippen LogP contribution in [-0.2, 0) is 16.4 Å². The van der Waals surface area contributed by atoms with Gasteiger partial charge in [0, 0.05) is 60.7 Å². The average molecular weight is 784 g/mol. The van der Waals surface area contributed by atoms with Gasteiger partial charge in [-0.05, 0) is 60.5 Å². The van der Waals surface area contributed by atoms with Crippen LogP contribution in [0.2, 0.25) is 0 Å². The first-order chi connectivity index (χ1) is 26.8. The van der Waals surface area contributed by atoms with Gasteiger partial charge in [-0.3, -0.25) is 4.79 Å². The van der Waals surface area contributed by atoms with Crippen molar-refractivity contribution in [2.75, 3.05) is 74.4 Å². The van der Waals surface area contributed by atoms with Crippen molar-refractivity contribution in [1.82, 2.24) is 15.2 Å². The summed E-state index contributed by atoms with van der Waals surface area (Å²) < 4.78 is 32.5. The maximum absolute atomic E-state index is 13.5. The summed E-state index contributed by atoms with van der Waals surface area (Å²) in [7, 11) is 3.50. The van der Waals surface area contributed by atoms with E-state index in [9.17, 15) is 13.8 Å². The Labute approximate surface area is 329 Å². The molecule has 4 aromatic carbocycles. The molecule has 0 fully saturated rings. The molecular formula is C41H49N7O7S. The standard InChI is InChI=1S/C41H49N7O7S/c1-41(2,3)26-22-33(38(54-6)34(23-26)47-56(7)52)46-40(51)45-32-14-15-35(30-11-9-8-10-29(30)32)55-28-16-17-42-37(25-28)44-27-12-13-31(36(24-27)53-5)39(50)43-18-19-48(4)20-21-49/h8-17,22-25,47,49H,18-21H2,1-7H3,(H,42,44)(H,43,50)(H2,45,46,51). The number of likely N-dealkylation sites (N-methyl/N-ethyl adjacent to an activating group) is 1. The number of nitrogens with one attached hydrogen (secondary N) is 5. The number of aliphatic hydroxyl groups excluding tert-OH is 1. The largest absolute Gasteiger partial charge is 0.496 e. The van der Waals surface area contributed by atoms with Gasteiger partial charge in [0.2, 0.25) is 0 Å². The molecule has 0 saturated carbocycles. The van der Waals surface area contributed by atoms with E-state index in [1.165, 1.54) is 20.5 Å². The van der Waals surface area contributed by atoms with Gasteiger partial charge in [0.15, 0.2) is 5.75 Å². The Morgan fingerprint density at radius 2 is 1.59 bits per heavy atom. The SMILES string of the molecule is COc1cc(Nc2cc(Oc3ccc(NC(=O)Nc4cc(C(C)(C)C)cc(NS(C)=O)c4OC)c4ccccc34)ccn2)ccc1C(=O)NCCN(C)CCO. The monoisotopic (exact) mass is 783 g/mol. The van der Waals surface area contributed by atoms with Crippen molar-refractivity contribution in [3.05, 3.63) is 96.2 Å². The number of anilines is 5. The average Bonchev–Trinajstić information content (AvgIpc) is 3.15. The highest BCUT2D eigenvalue weighted by Gasteiger charge is 2.22. The topological polar surface area (TPSA) is 175 Å². The summed E-state index contributed by atoms with van der Waals surface area (Å²) in [6.07, 6.45) is 3.15. The van der Waals surface area contributed by atoms with E-state index in [0.717, 1.165) is 16.3 Å². The second-order valence-corrected chi connectivity index (χ2v) is 15.1. The highest BCUT2D eigenvalue weighted by Crippen LogP contribution is 2.40. The molecule has 15 heteroatoms. The van der Waals surface area contributed by atoms with Crippen LogP contribution in [0.1, 0.15) is 36.7 Å². The van der Waals surface area contributed by atoms with E-state index in [-0.39, 0.29) is 17.9 Å². The second-order valence-electron chi connectivity index (χ2n) is 13.9. The minimum absolute atomic E-state index is 0.0532. The zero-order valence-corrected chi connectivity index (χ0v) is 33.4. The minimum Gasteiger partial charge on any atom is -0.496 e. The van der Waals surface area contributed by atoms with E-state index in [4.69, 9.17) is 19.3 Å². The Morgan fingerprint density at radius 3 is 2.29 bits per heavy atom. The van der Waals surface area contributed by atoms with Crippen LogP contribution in [-0.4, -0.2) is 84.9 Å². The molecule has 3 amide bonds. The number of aliphatic hydroxyl groups is 1. The van der Waals surface area contributed by atoms with E-state index in [1.807, 2.05) is 69.1 Å². The van der Waals surface area contributed by atoms with Gasteiger partial charge in [0.25, 0.3) is 5.91 Å². The van der Waals surface area contributed by atoms with Gasteiger partial charge in [0.05, 0.1) is 43.5 Å². The molecule has 1 unspecified atom stereocenters. The van der Waals surface area contributed by atoms with E-state index in [1.54, 1.807) is 48.7 Å². The zero-order chi connectivity index (χ0) is 40.4. The molecule has 14 nitrogen and oxygen atoms in total. The summed E-state index contributed by atoms with van der Waals surface area (Å²) in [5.41, 5.74) is 3.18. The number of nitrogens with zero attached hydrogens (tertiary/aromatic N) is 2. The number of pyridine rings is 1. The van der Waals surface area contributed by atoms with Gasteiger partial charge < -0.3 is 50.2 Å². The molecule has 296 valence electrons. The Hall–Kier alpha value is -5.90. The van der Waals surface area contributed by atoms with E-state index in [0.29, 0.717) is 76.8 Å². The zero-order valence-electron chi connectivity index (χ0n) is 32.6. The van der Waals surface area contributed by atoms with Crippen LogP contribution in [0.3, 0.4) is 0 Å². The van der Waals surface area contributed by atoms with Crippen molar-refractivity contribution in [3.63, 3.8) is 0 Å². The quantitative estimate of drug-likeness (QED) is 0.0606. The number of carbonyl (C=O) groups is 2. The maximum Gasteiger partial charge on any atom is 0.323 e. The fourth-order valence-electron chi connectivity index (χ4n) is 5.86. The fraction of sp³-hybridized carbons (Fsp3) is 0.293. The summed E-state index contributed by atoms with van der Waals surface area (Å²) in [4.78, 5) is 32.7. The highest BCUT2D eigenvalue weighted by atomic mass is 32.2. The predicted octanol–water partition coefficient (Wildman–Crippen LogP) is 7.09. The molecule has 0 spiro atoms. The number of ether oxygens (including phenoxy) is 3. The second kappa shape index (κ2) is 18.6. The smallest absolute Gasteiger partial charge is 0.323 e. The number of urea groups is 1. The first-order valence-corrected chi connectivity index (χ1v) is 19.4. The molecular weight excluding hydrogens is 735 g/mol. The summed E-state index contributed by atoms with van der Waals surface area (Å²) in [5, 5.41) is 22.6. The number of aromatic nitrogens is 1. The Morgan fingerprint density at radius 1 is 0.857 bits per heavy atom. The van der Waals surface area contributed by atoms with Gasteiger partial charge in [-0.1, -0.05) is 45.0 Å². The van der Waals surface area contributed by atoms with Gasteiger partial charge in [0.1, 0.15) is 34.1 Å². The number of hydrogen-bond acceptors (Lipinski definition) is 10. The molecule has 0 aliphatic carbocycles. The lowest BCUT2D eigenvalue weighted by molar-refractivity contribution is 0.0946. The lowest BCUT2D eigenvalue weighted by atomic mass is 9.86. The van der Waals surface area contributed by atoms with E-state index in [2.05, 4.69) is 31.0 Å². The minimum atomic E-state index is -1.37. The van der Waals surface area contributed by atoms with Crippen LogP contribution in [0.25, 0.3) is 10.8 Å². The van der Waals surface area contributed by atoms with Crippen molar-refractivity contribution in [1.29, 1.82) is 0 Å². The number of methoxy groups -OCH3 is 2. The predicted molar refractivity (Wildman–Crippen MR) is 223 cm³/mol. The third-order valence-electron chi connectivity index (χ3n) is 8.73. The first kappa shape index (κ1) is 41.3. The maximum atomic E-state index is 13.5. The van der Waals surface area contributed by atoms with Gasteiger partial charge in [-0.15, -0.1) is 0 Å². The summed E-state index contributed by atoms with van der Waals surface area (Å²) in [5.74, 6) is 2.07. The number of benzene rings is 4. The highest BCUT2D eigenvalue weighted by molar-refractivity contribution is 7.85. The Bertz CT molecular complexity index is 2210. The van der Waals surface area contributed by atoms with Crippen molar-refractivity contribution >= 4 is 62.3 Å². The molecule has 0 aliphatic heterocycles. The molecule has 5 aromatic rings. The lowest BCUT2D eigenvalue weighted by Gasteiger charge is -2.24. The number of fused-ring (bicyclic) bond motifs is 1. The molecule has 5 rings (SSSR count). The first-order valence-electron chi connectivity index (χ1n) is 17.9. The Balaban J connectivity index is 1.31. The van der Waals surface area contributed by atoms with Crippen molar-refractivity contribution < 1.29 is 33.1 Å². The normalized spacial score (nSPS) is 11.8. The lowest BCUT2D eigenvalue weighted by Crippen LogP contribution is -2.34. The van der Waals surface area contributed by atoms with Crippen LogP contribution in [0.5, 0.6) is 23.0 Å². The van der Waals surface area contributed by atoms with Crippen LogP contribution < -0.4 is 40.2 Å². The molecule has 0 radical (unpaired) electrons. The number of amides is 3. The molecule has 0 bridgehead atoms. The summed E-state index contributed by atoms with van der Waals surface area (Å²) in [6.45, 7) is 7.75. The number of rotatable bonds is 16. The third-order valence-corrected chi connectivity index (χ3v) is 9.24. The van der Waals surface area contributed by atoms with Crippen molar-refractivity contribution in [2.45, 2.75) is 26.2 Å². The van der Waals surface area contributed by atoms with Crippen LogP contribution in [0, 0.1) is 0 Å². The molecule has 1 atom stereocenters. The van der Waals surface area contributed by atoms with Crippen LogP contribution in [0.4, 0.5) is 33.4 Å². The third kappa shape index (κ3) is 10.6. The van der Waals surface area contributed by atoms with Crippen LogP contribution >= 0.6 is 0 Å². The summed E-state index contributed by atoms with van der Waals surface area (Å²) >= 11 is 0. The molecule has 1 heterocycles. The molecule has 0 aliphatic rings. The van der Waals surface area contributed by atoms with Gasteiger partial charge in [-0.25, -0.2) is 14.0 Å². The van der Waals surface area contributed by atoms with Crippen molar-refractivity contribution in [3.8, 4) is 23.0 Å². The van der Waals surface area contributed by atoms with Gasteiger partial charge in [-0.2, -0.15) is 0 Å². The molecule has 0 saturated heterocycles. The van der Waals surface area contributed by atoms with Crippen LogP contribution in [0.15, 0.2) is 85.1 Å². The van der Waals surface area contributed by atoms with E-state index < -0.39 is 17.0 Å². The number of carbonyl (C=O) groups excluding carboxylic acids is 2. The Kier molecular flexibility index (Phi) is 13.7. The molecule has 56 heavy (non-hydrogen) atoms. The summed E-state index contributed by atoms with van der Waals surface area (Å²) in [6, 6.07) is 23.0. The van der Waals surface area contributed by atoms with E-state index >= 15 is 0 Å². The fourth-order valence-corrected chi connectivity index (χ4v) is 6.32. The van der Waals surface area contributed by atoms with Gasteiger partial charge >= 0.3 is 6.03 Å². The van der Waals surface area contributed by atoms with Crippen molar-refractivity contribution in [2.24, 2.45) is 0 Å². The molecule has 6 N–H and O–H groups in total. The number of hydrogen-bond donors (Lipinski definition) is 6.